The molecule has 2 aromatic rings. The standard InChI is InChI=1S/C18H19N3O2/c1-12-10-14-6-3-4-8-16(14)21(12)18(23)13(2)20-9-5-7-15(11-20)17(19)22/h3-9,11-13H,10H2,1-2H3,(H-,19,22)/p+1/t12-,13+/m0/s1. The number of aromatic nitrogens is 1. The second-order valence-corrected chi connectivity index (χ2v) is 5.97. The Kier molecular flexibility index (Phi) is 3.86. The number of amides is 2. The van der Waals surface area contributed by atoms with Crippen molar-refractivity contribution in [1.29, 1.82) is 0 Å². The highest BCUT2D eigenvalue weighted by Crippen LogP contribution is 2.32. The molecule has 2 heterocycles. The van der Waals surface area contributed by atoms with Gasteiger partial charge in [-0.15, -0.1) is 0 Å². The predicted molar refractivity (Wildman–Crippen MR) is 87.0 cm³/mol. The quantitative estimate of drug-likeness (QED) is 0.875. The van der Waals surface area contributed by atoms with Crippen LogP contribution in [0.3, 0.4) is 0 Å². The van der Waals surface area contributed by atoms with Crippen LogP contribution in [0.15, 0.2) is 48.8 Å². The largest absolute Gasteiger partial charge is 0.365 e. The number of pyridine rings is 1. The molecule has 0 fully saturated rings. The van der Waals surface area contributed by atoms with E-state index in [0.717, 1.165) is 12.1 Å². The Balaban J connectivity index is 1.91. The van der Waals surface area contributed by atoms with Gasteiger partial charge in [0.15, 0.2) is 12.4 Å². The Hall–Kier alpha value is -2.69. The molecule has 5 nitrogen and oxygen atoms in total. The Morgan fingerprint density at radius 2 is 2.00 bits per heavy atom. The SMILES string of the molecule is C[C@H](C(=O)N1c2ccccc2C[C@@H]1C)[n+]1cccc(C(N)=O)c1. The average Bonchev–Trinajstić information content (AvgIpc) is 2.89. The fourth-order valence-corrected chi connectivity index (χ4v) is 3.11. The number of benzene rings is 1. The van der Waals surface area contributed by atoms with E-state index in [1.165, 1.54) is 5.56 Å². The third-order valence-corrected chi connectivity index (χ3v) is 4.36. The Morgan fingerprint density at radius 3 is 2.74 bits per heavy atom. The second-order valence-electron chi connectivity index (χ2n) is 5.97. The van der Waals surface area contributed by atoms with Crippen molar-refractivity contribution in [2.75, 3.05) is 4.90 Å². The first-order chi connectivity index (χ1) is 11.0. The number of anilines is 1. The maximum Gasteiger partial charge on any atom is 0.296 e. The van der Waals surface area contributed by atoms with Crippen LogP contribution < -0.4 is 15.2 Å². The van der Waals surface area contributed by atoms with Gasteiger partial charge in [-0.05, 0) is 31.0 Å². The zero-order chi connectivity index (χ0) is 16.6. The molecule has 1 aromatic carbocycles. The molecule has 118 valence electrons. The molecule has 1 aliphatic rings. The highest BCUT2D eigenvalue weighted by atomic mass is 16.2. The monoisotopic (exact) mass is 310 g/mol. The van der Waals surface area contributed by atoms with Crippen molar-refractivity contribution in [3.05, 3.63) is 59.9 Å². The van der Waals surface area contributed by atoms with Crippen molar-refractivity contribution in [2.24, 2.45) is 5.73 Å². The number of fused-ring (bicyclic) bond motifs is 1. The third kappa shape index (κ3) is 2.70. The molecule has 0 bridgehead atoms. The van der Waals surface area contributed by atoms with Gasteiger partial charge in [-0.3, -0.25) is 9.59 Å². The normalized spacial score (nSPS) is 17.7. The van der Waals surface area contributed by atoms with Crippen LogP contribution in [-0.4, -0.2) is 17.9 Å². The van der Waals surface area contributed by atoms with Gasteiger partial charge in [0.05, 0.1) is 0 Å². The van der Waals surface area contributed by atoms with Gasteiger partial charge in [-0.1, -0.05) is 18.2 Å². The molecule has 23 heavy (non-hydrogen) atoms. The summed E-state index contributed by atoms with van der Waals surface area (Å²) in [5.41, 5.74) is 7.88. The molecule has 3 rings (SSSR count). The molecule has 1 aliphatic heterocycles. The Morgan fingerprint density at radius 1 is 1.26 bits per heavy atom. The molecule has 0 saturated heterocycles. The highest BCUT2D eigenvalue weighted by molar-refractivity contribution is 5.97. The number of para-hydroxylation sites is 1. The fourth-order valence-electron chi connectivity index (χ4n) is 3.11. The second kappa shape index (κ2) is 5.83. The van der Waals surface area contributed by atoms with Crippen LogP contribution in [-0.2, 0) is 11.2 Å². The van der Waals surface area contributed by atoms with Gasteiger partial charge < -0.3 is 10.6 Å². The maximum atomic E-state index is 13.0. The van der Waals surface area contributed by atoms with Crippen LogP contribution in [0.1, 0.15) is 35.8 Å². The van der Waals surface area contributed by atoms with Crippen LogP contribution in [0.25, 0.3) is 0 Å². The number of nitrogens with two attached hydrogens (primary N) is 1. The number of nitrogens with zero attached hydrogens (tertiary/aromatic N) is 2. The number of hydrogen-bond donors (Lipinski definition) is 1. The molecule has 2 atom stereocenters. The molecule has 0 radical (unpaired) electrons. The summed E-state index contributed by atoms with van der Waals surface area (Å²) in [5.74, 6) is -0.493. The van der Waals surface area contributed by atoms with Crippen LogP contribution >= 0.6 is 0 Å². The molecular formula is C18H20N3O2+. The van der Waals surface area contributed by atoms with Crippen molar-refractivity contribution in [2.45, 2.75) is 32.4 Å². The zero-order valence-electron chi connectivity index (χ0n) is 13.3. The minimum Gasteiger partial charge on any atom is -0.365 e. The van der Waals surface area contributed by atoms with Gasteiger partial charge in [0, 0.05) is 24.7 Å². The molecule has 0 aliphatic carbocycles. The summed E-state index contributed by atoms with van der Waals surface area (Å²) >= 11 is 0. The predicted octanol–water partition coefficient (Wildman–Crippen LogP) is 1.61. The van der Waals surface area contributed by atoms with Crippen LogP contribution in [0.4, 0.5) is 5.69 Å². The zero-order valence-corrected chi connectivity index (χ0v) is 13.3. The fraction of sp³-hybridized carbons (Fsp3) is 0.278. The molecule has 0 saturated carbocycles. The first kappa shape index (κ1) is 15.2. The summed E-state index contributed by atoms with van der Waals surface area (Å²) in [6.07, 6.45) is 4.26. The first-order valence-electron chi connectivity index (χ1n) is 7.70. The van der Waals surface area contributed by atoms with E-state index in [2.05, 4.69) is 13.0 Å². The molecule has 5 heteroatoms. The number of carbonyl (C=O) groups excluding carboxylic acids is 2. The smallest absolute Gasteiger partial charge is 0.296 e. The minimum atomic E-state index is -0.501. The lowest BCUT2D eigenvalue weighted by molar-refractivity contribution is -0.706. The van der Waals surface area contributed by atoms with Gasteiger partial charge in [0.25, 0.3) is 11.8 Å². The van der Waals surface area contributed by atoms with Gasteiger partial charge in [0.1, 0.15) is 5.56 Å². The molecule has 0 spiro atoms. The Bertz CT molecular complexity index is 772. The minimum absolute atomic E-state index is 0.00840. The lowest BCUT2D eigenvalue weighted by Gasteiger charge is -2.23. The van der Waals surface area contributed by atoms with E-state index >= 15 is 0 Å². The summed E-state index contributed by atoms with van der Waals surface area (Å²) in [7, 11) is 0. The highest BCUT2D eigenvalue weighted by Gasteiger charge is 2.36. The molecule has 1 aromatic heterocycles. The number of primary amides is 1. The van der Waals surface area contributed by atoms with Gasteiger partial charge in [0.2, 0.25) is 6.04 Å². The van der Waals surface area contributed by atoms with Gasteiger partial charge in [-0.25, -0.2) is 0 Å². The first-order valence-corrected chi connectivity index (χ1v) is 7.70. The van der Waals surface area contributed by atoms with Gasteiger partial charge >= 0.3 is 0 Å². The van der Waals surface area contributed by atoms with E-state index in [9.17, 15) is 9.59 Å². The summed E-state index contributed by atoms with van der Waals surface area (Å²) in [5, 5.41) is 0. The van der Waals surface area contributed by atoms with Crippen molar-refractivity contribution >= 4 is 17.5 Å². The van der Waals surface area contributed by atoms with Crippen LogP contribution in [0.2, 0.25) is 0 Å². The topological polar surface area (TPSA) is 67.3 Å². The molecule has 2 amide bonds. The van der Waals surface area contributed by atoms with E-state index in [4.69, 9.17) is 5.73 Å². The number of rotatable bonds is 3. The van der Waals surface area contributed by atoms with Gasteiger partial charge in [-0.2, -0.15) is 4.57 Å². The summed E-state index contributed by atoms with van der Waals surface area (Å²) in [6.45, 7) is 3.88. The van der Waals surface area contributed by atoms with E-state index in [1.54, 1.807) is 29.1 Å². The van der Waals surface area contributed by atoms with Crippen molar-refractivity contribution in [1.82, 2.24) is 0 Å². The van der Waals surface area contributed by atoms with Crippen LogP contribution in [0.5, 0.6) is 0 Å². The van der Waals surface area contributed by atoms with Crippen molar-refractivity contribution < 1.29 is 14.2 Å². The van der Waals surface area contributed by atoms with Crippen LogP contribution in [0, 0.1) is 0 Å². The maximum absolute atomic E-state index is 13.0. The van der Waals surface area contributed by atoms with Crippen molar-refractivity contribution in [3.8, 4) is 0 Å². The molecular weight excluding hydrogens is 290 g/mol. The summed E-state index contributed by atoms with van der Waals surface area (Å²) in [4.78, 5) is 26.2. The summed E-state index contributed by atoms with van der Waals surface area (Å²) in [6, 6.07) is 11.1. The third-order valence-electron chi connectivity index (χ3n) is 4.36. The van der Waals surface area contributed by atoms with Crippen molar-refractivity contribution in [3.63, 3.8) is 0 Å². The number of hydrogen-bond acceptors (Lipinski definition) is 2. The molecule has 2 N–H and O–H groups in total. The average molecular weight is 310 g/mol. The van der Waals surface area contributed by atoms with E-state index < -0.39 is 11.9 Å². The molecule has 0 unspecified atom stereocenters. The lowest BCUT2D eigenvalue weighted by atomic mass is 10.1. The number of carbonyl (C=O) groups is 2. The Labute approximate surface area is 135 Å². The van der Waals surface area contributed by atoms with E-state index in [0.29, 0.717) is 5.56 Å². The lowest BCUT2D eigenvalue weighted by Crippen LogP contribution is -2.50. The summed E-state index contributed by atoms with van der Waals surface area (Å²) < 4.78 is 1.73. The van der Waals surface area contributed by atoms with E-state index in [-0.39, 0.29) is 11.9 Å². The van der Waals surface area contributed by atoms with E-state index in [1.807, 2.05) is 30.0 Å².